The normalized spacial score (nSPS) is 12.9. The molecular formula is C25H41N4O9P. The number of hydrogen-bond donors (Lipinski definition) is 2. The first kappa shape index (κ1) is 32.6. The number of benzene rings is 1. The summed E-state index contributed by atoms with van der Waals surface area (Å²) in [6.07, 6.45) is 14.0. The number of carbonyl (C=O) groups excluding carboxylic acids is 1. The van der Waals surface area contributed by atoms with Crippen molar-refractivity contribution in [3.63, 3.8) is 0 Å². The number of unbranched alkanes of at least 4 members (excludes halogenated alkanes) is 10. The monoisotopic (exact) mass is 572 g/mol. The maximum absolute atomic E-state index is 12.0. The molecule has 14 heteroatoms. The van der Waals surface area contributed by atoms with Crippen molar-refractivity contribution < 1.29 is 37.6 Å². The number of esters is 1. The number of fused-ring (bicyclic) bond motifs is 1. The summed E-state index contributed by atoms with van der Waals surface area (Å²) in [6, 6.07) is 2.68. The number of ether oxygens (including phenoxy) is 1. The van der Waals surface area contributed by atoms with Crippen molar-refractivity contribution in [2.75, 3.05) is 31.7 Å². The second-order valence-electron chi connectivity index (χ2n) is 9.27. The van der Waals surface area contributed by atoms with Crippen LogP contribution in [0.1, 0.15) is 90.4 Å². The van der Waals surface area contributed by atoms with Crippen LogP contribution in [0.3, 0.4) is 0 Å². The zero-order valence-electron chi connectivity index (χ0n) is 22.7. The van der Waals surface area contributed by atoms with Crippen LogP contribution in [0, 0.1) is 10.1 Å². The first-order valence-electron chi connectivity index (χ1n) is 13.7. The largest absolute Gasteiger partial charge is 0.472 e. The number of hydrogen-bond acceptors (Lipinski definition) is 11. The summed E-state index contributed by atoms with van der Waals surface area (Å²) in [7, 11) is -4.29. The van der Waals surface area contributed by atoms with Gasteiger partial charge in [0, 0.05) is 25.5 Å². The van der Waals surface area contributed by atoms with E-state index in [2.05, 4.69) is 27.2 Å². The van der Waals surface area contributed by atoms with Gasteiger partial charge in [0.1, 0.15) is 0 Å². The van der Waals surface area contributed by atoms with E-state index in [0.29, 0.717) is 12.1 Å². The lowest BCUT2D eigenvalue weighted by molar-refractivity contribution is -0.383. The lowest BCUT2D eigenvalue weighted by atomic mass is 10.1. The van der Waals surface area contributed by atoms with Crippen molar-refractivity contribution >= 4 is 36.2 Å². The predicted octanol–water partition coefficient (Wildman–Crippen LogP) is 6.31. The smallest absolute Gasteiger partial charge is 0.466 e. The Bertz CT molecular complexity index is 1050. The molecule has 1 aromatic heterocycles. The van der Waals surface area contributed by atoms with Crippen molar-refractivity contribution in [1.29, 1.82) is 0 Å². The van der Waals surface area contributed by atoms with Gasteiger partial charge in [0.25, 0.3) is 0 Å². The van der Waals surface area contributed by atoms with Gasteiger partial charge in [-0.15, -0.1) is 0 Å². The molecule has 0 saturated carbocycles. The Morgan fingerprint density at radius 3 is 2.23 bits per heavy atom. The minimum Gasteiger partial charge on any atom is -0.466 e. The Morgan fingerprint density at radius 1 is 0.949 bits per heavy atom. The molecule has 2 aromatic rings. The third-order valence-electron chi connectivity index (χ3n) is 6.05. The maximum atomic E-state index is 12.0. The first-order chi connectivity index (χ1) is 18.8. The summed E-state index contributed by atoms with van der Waals surface area (Å²) in [6.45, 7) is 2.11. The number of phosphoric ester groups is 1. The second-order valence-corrected chi connectivity index (χ2v) is 10.7. The van der Waals surface area contributed by atoms with Gasteiger partial charge in [0.05, 0.1) is 30.4 Å². The van der Waals surface area contributed by atoms with Gasteiger partial charge in [-0.1, -0.05) is 71.1 Å². The Balaban J connectivity index is 1.47. The number of aromatic nitrogens is 2. The first-order valence-corrected chi connectivity index (χ1v) is 15.2. The van der Waals surface area contributed by atoms with E-state index in [1.165, 1.54) is 63.5 Å². The van der Waals surface area contributed by atoms with E-state index in [4.69, 9.17) is 13.8 Å². The number of nitro benzene ring substituents is 1. The average molecular weight is 573 g/mol. The fourth-order valence-electron chi connectivity index (χ4n) is 3.96. The van der Waals surface area contributed by atoms with E-state index in [9.17, 15) is 24.4 Å². The van der Waals surface area contributed by atoms with Gasteiger partial charge in [-0.05, 0) is 22.8 Å². The minimum atomic E-state index is -4.29. The lowest BCUT2D eigenvalue weighted by Crippen LogP contribution is -2.11. The summed E-state index contributed by atoms with van der Waals surface area (Å²) in [4.78, 5) is 32.0. The van der Waals surface area contributed by atoms with E-state index in [1.54, 1.807) is 0 Å². The molecule has 0 amide bonds. The fraction of sp³-hybridized carbons (Fsp3) is 0.720. The third kappa shape index (κ3) is 13.3. The average Bonchev–Trinajstić information content (AvgIpc) is 3.39. The van der Waals surface area contributed by atoms with E-state index >= 15 is 0 Å². The van der Waals surface area contributed by atoms with Crippen LogP contribution in [0.5, 0.6) is 0 Å². The summed E-state index contributed by atoms with van der Waals surface area (Å²) in [5, 5.41) is 21.1. The van der Waals surface area contributed by atoms with E-state index < -0.39 is 12.7 Å². The summed E-state index contributed by atoms with van der Waals surface area (Å²) < 4.78 is 31.5. The van der Waals surface area contributed by atoms with Gasteiger partial charge >= 0.3 is 19.5 Å². The SMILES string of the molecule is CCCCCCCCCCCCCC(=O)OCCCOP(=O)(O)OCCNc1ccc([N+](=O)[O-])c2nonc12. The van der Waals surface area contributed by atoms with Crippen LogP contribution in [0.15, 0.2) is 16.8 Å². The van der Waals surface area contributed by atoms with Crippen molar-refractivity contribution in [1.82, 2.24) is 10.3 Å². The molecule has 2 N–H and O–H groups in total. The molecule has 0 spiro atoms. The maximum Gasteiger partial charge on any atom is 0.472 e. The van der Waals surface area contributed by atoms with E-state index in [-0.39, 0.29) is 55.5 Å². The fourth-order valence-corrected chi connectivity index (χ4v) is 4.71. The van der Waals surface area contributed by atoms with Gasteiger partial charge in [-0.25, -0.2) is 9.19 Å². The molecule has 0 radical (unpaired) electrons. The number of carbonyl (C=O) groups is 1. The molecule has 0 fully saturated rings. The Kier molecular flexibility index (Phi) is 15.6. The van der Waals surface area contributed by atoms with Crippen LogP contribution in [-0.2, 0) is 23.1 Å². The van der Waals surface area contributed by atoms with Gasteiger partial charge in [-0.3, -0.25) is 24.0 Å². The number of phosphoric acid groups is 1. The van der Waals surface area contributed by atoms with Crippen molar-refractivity contribution in [3.8, 4) is 0 Å². The topological polar surface area (TPSA) is 176 Å². The molecule has 0 aliphatic heterocycles. The van der Waals surface area contributed by atoms with Gasteiger partial charge in [-0.2, -0.15) is 0 Å². The molecule has 0 saturated heterocycles. The molecular weight excluding hydrogens is 531 g/mol. The van der Waals surface area contributed by atoms with Crippen molar-refractivity contribution in [3.05, 3.63) is 22.2 Å². The number of anilines is 1. The van der Waals surface area contributed by atoms with E-state index in [1.807, 2.05) is 0 Å². The highest BCUT2D eigenvalue weighted by Gasteiger charge is 2.22. The summed E-state index contributed by atoms with van der Waals surface area (Å²) in [5.41, 5.74) is 0.289. The highest BCUT2D eigenvalue weighted by atomic mass is 31.2. The Morgan fingerprint density at radius 2 is 1.56 bits per heavy atom. The van der Waals surface area contributed by atoms with Gasteiger partial charge in [0.2, 0.25) is 5.52 Å². The molecule has 2 rings (SSSR count). The predicted molar refractivity (Wildman–Crippen MR) is 145 cm³/mol. The van der Waals surface area contributed by atoms with Gasteiger partial charge in [0.15, 0.2) is 5.52 Å². The number of non-ortho nitro benzene ring substituents is 1. The van der Waals surface area contributed by atoms with Gasteiger partial charge < -0.3 is 14.9 Å². The van der Waals surface area contributed by atoms with Crippen molar-refractivity contribution in [2.45, 2.75) is 90.4 Å². The molecule has 1 unspecified atom stereocenters. The Hall–Kier alpha value is -2.60. The molecule has 1 heterocycles. The lowest BCUT2D eigenvalue weighted by Gasteiger charge is -2.13. The molecule has 13 nitrogen and oxygen atoms in total. The molecule has 220 valence electrons. The van der Waals surface area contributed by atoms with Crippen LogP contribution in [0.25, 0.3) is 11.0 Å². The number of nitro groups is 1. The highest BCUT2D eigenvalue weighted by molar-refractivity contribution is 7.47. The highest BCUT2D eigenvalue weighted by Crippen LogP contribution is 2.43. The number of nitrogens with one attached hydrogen (secondary N) is 1. The third-order valence-corrected chi connectivity index (χ3v) is 7.07. The number of nitrogens with zero attached hydrogens (tertiary/aromatic N) is 3. The zero-order chi connectivity index (χ0) is 28.3. The van der Waals surface area contributed by atoms with Crippen LogP contribution in [0.2, 0.25) is 0 Å². The van der Waals surface area contributed by atoms with Crippen LogP contribution in [-0.4, -0.2) is 52.5 Å². The minimum absolute atomic E-state index is 0.0124. The molecule has 1 atom stereocenters. The summed E-state index contributed by atoms with van der Waals surface area (Å²) in [5.74, 6) is -0.275. The quantitative estimate of drug-likeness (QED) is 0.0499. The van der Waals surface area contributed by atoms with E-state index in [0.717, 1.165) is 19.3 Å². The Labute approximate surface area is 228 Å². The molecule has 0 aliphatic rings. The second kappa shape index (κ2) is 18.6. The molecule has 1 aromatic carbocycles. The summed E-state index contributed by atoms with van der Waals surface area (Å²) >= 11 is 0. The molecule has 0 aliphatic carbocycles. The number of rotatable bonds is 23. The zero-order valence-corrected chi connectivity index (χ0v) is 23.6. The standard InChI is InChI=1S/C25H41N4O9P/c1-2-3-4-5-6-7-8-9-10-11-12-14-23(30)35-18-13-19-36-39(33,34)37-20-17-26-21-15-16-22(29(31)32)25-24(21)27-38-28-25/h15-16,26H,2-14,17-20H2,1H3,(H,33,34). The molecule has 0 bridgehead atoms. The van der Waals surface area contributed by atoms with Crippen LogP contribution < -0.4 is 5.32 Å². The van der Waals surface area contributed by atoms with Crippen LogP contribution in [0.4, 0.5) is 11.4 Å². The van der Waals surface area contributed by atoms with Crippen LogP contribution >= 0.6 is 7.82 Å². The molecule has 39 heavy (non-hydrogen) atoms. The van der Waals surface area contributed by atoms with Crippen molar-refractivity contribution in [2.24, 2.45) is 0 Å².